The third kappa shape index (κ3) is 5.84. The summed E-state index contributed by atoms with van der Waals surface area (Å²) in [5.74, 6) is -0.122. The van der Waals surface area contributed by atoms with Crippen LogP contribution in [-0.4, -0.2) is 12.5 Å². The zero-order valence-corrected chi connectivity index (χ0v) is 11.4. The summed E-state index contributed by atoms with van der Waals surface area (Å²) in [4.78, 5) is 12.6. The number of nitrogens with two attached hydrogens (primary N) is 1. The van der Waals surface area contributed by atoms with Crippen LogP contribution in [0.2, 0.25) is 0 Å². The second-order valence-corrected chi connectivity index (χ2v) is 5.98. The molecule has 0 fully saturated rings. The van der Waals surface area contributed by atoms with Crippen molar-refractivity contribution in [3.05, 3.63) is 22.4 Å². The number of thiophene rings is 1. The van der Waals surface area contributed by atoms with Crippen molar-refractivity contribution in [3.8, 4) is 0 Å². The van der Waals surface area contributed by atoms with E-state index in [0.717, 1.165) is 17.7 Å². The summed E-state index contributed by atoms with van der Waals surface area (Å²) in [6, 6.07) is 3.93. The average Bonchev–Trinajstić information content (AvgIpc) is 2.76. The van der Waals surface area contributed by atoms with Gasteiger partial charge in [-0.1, -0.05) is 19.9 Å². The Morgan fingerprint density at radius 2 is 2.24 bits per heavy atom. The molecule has 0 aliphatic heterocycles. The molecule has 0 aromatic carbocycles. The van der Waals surface area contributed by atoms with Crippen LogP contribution in [0.25, 0.3) is 0 Å². The minimum Gasteiger partial charge on any atom is -0.460 e. The number of carbonyl (C=O) groups excluding carboxylic acids is 1. The van der Waals surface area contributed by atoms with E-state index in [2.05, 4.69) is 13.8 Å². The van der Waals surface area contributed by atoms with E-state index in [0.29, 0.717) is 19.6 Å². The van der Waals surface area contributed by atoms with Crippen LogP contribution in [0.3, 0.4) is 0 Å². The van der Waals surface area contributed by atoms with E-state index >= 15 is 0 Å². The van der Waals surface area contributed by atoms with Crippen molar-refractivity contribution < 1.29 is 9.53 Å². The molecule has 3 nitrogen and oxygen atoms in total. The highest BCUT2D eigenvalue weighted by molar-refractivity contribution is 7.09. The minimum atomic E-state index is -0.122. The van der Waals surface area contributed by atoms with Gasteiger partial charge in [0.25, 0.3) is 0 Å². The number of esters is 1. The molecule has 0 bridgehead atoms. The molecule has 1 rings (SSSR count). The summed E-state index contributed by atoms with van der Waals surface area (Å²) in [5.41, 5.74) is 5.65. The summed E-state index contributed by atoms with van der Waals surface area (Å²) in [7, 11) is 0. The first-order valence-electron chi connectivity index (χ1n) is 5.91. The summed E-state index contributed by atoms with van der Waals surface area (Å²) in [6.45, 7) is 5.32. The fourth-order valence-corrected chi connectivity index (χ4v) is 2.19. The highest BCUT2D eigenvalue weighted by Gasteiger charge is 2.18. The number of hydrogen-bond donors (Lipinski definition) is 1. The second-order valence-electron chi connectivity index (χ2n) is 4.94. The normalized spacial score (nSPS) is 11.5. The van der Waals surface area contributed by atoms with Gasteiger partial charge in [-0.2, -0.15) is 0 Å². The van der Waals surface area contributed by atoms with Gasteiger partial charge in [0, 0.05) is 11.3 Å². The molecule has 0 unspecified atom stereocenters. The highest BCUT2D eigenvalue weighted by Crippen LogP contribution is 2.26. The molecular weight excluding hydrogens is 234 g/mol. The minimum absolute atomic E-state index is 0.122. The molecule has 0 radical (unpaired) electrons. The first-order chi connectivity index (χ1) is 8.03. The summed E-state index contributed by atoms with van der Waals surface area (Å²) < 4.78 is 5.20. The maximum atomic E-state index is 11.5. The first kappa shape index (κ1) is 14.2. The van der Waals surface area contributed by atoms with Crippen LogP contribution < -0.4 is 5.73 Å². The van der Waals surface area contributed by atoms with Gasteiger partial charge in [-0.25, -0.2) is 0 Å². The van der Waals surface area contributed by atoms with Crippen LogP contribution in [0.5, 0.6) is 0 Å². The van der Waals surface area contributed by atoms with Crippen molar-refractivity contribution in [2.24, 2.45) is 11.1 Å². The van der Waals surface area contributed by atoms with E-state index < -0.39 is 0 Å². The maximum Gasteiger partial charge on any atom is 0.306 e. The van der Waals surface area contributed by atoms with Crippen molar-refractivity contribution in [1.82, 2.24) is 0 Å². The molecule has 1 aromatic heterocycles. The Labute approximate surface area is 107 Å². The van der Waals surface area contributed by atoms with Crippen LogP contribution in [-0.2, 0) is 16.1 Å². The number of hydrogen-bond acceptors (Lipinski definition) is 4. The lowest BCUT2D eigenvalue weighted by Gasteiger charge is -2.22. The molecule has 4 heteroatoms. The topological polar surface area (TPSA) is 52.3 Å². The molecule has 2 N–H and O–H groups in total. The third-order valence-corrected chi connectivity index (χ3v) is 3.63. The average molecular weight is 255 g/mol. The van der Waals surface area contributed by atoms with Crippen LogP contribution in [0, 0.1) is 5.41 Å². The fourth-order valence-electron chi connectivity index (χ4n) is 1.57. The Balaban J connectivity index is 2.21. The van der Waals surface area contributed by atoms with Crippen molar-refractivity contribution in [3.63, 3.8) is 0 Å². The van der Waals surface area contributed by atoms with Crippen LogP contribution in [0.1, 0.15) is 38.0 Å². The highest BCUT2D eigenvalue weighted by atomic mass is 32.1. The lowest BCUT2D eigenvalue weighted by atomic mass is 9.84. The van der Waals surface area contributed by atoms with E-state index in [1.165, 1.54) is 0 Å². The number of carbonyl (C=O) groups is 1. The molecule has 0 aliphatic carbocycles. The van der Waals surface area contributed by atoms with Gasteiger partial charge in [0.15, 0.2) is 0 Å². The summed E-state index contributed by atoms with van der Waals surface area (Å²) in [5, 5.41) is 1.98. The molecule has 0 spiro atoms. The lowest BCUT2D eigenvalue weighted by Crippen LogP contribution is -2.19. The SMILES string of the molecule is CC(C)(CCN)CCC(=O)OCc1cccs1. The van der Waals surface area contributed by atoms with Gasteiger partial charge in [0.1, 0.15) is 6.61 Å². The first-order valence-corrected chi connectivity index (χ1v) is 6.79. The summed E-state index contributed by atoms with van der Waals surface area (Å²) in [6.07, 6.45) is 2.23. The molecule has 0 atom stereocenters. The molecule has 96 valence electrons. The monoisotopic (exact) mass is 255 g/mol. The van der Waals surface area contributed by atoms with Crippen molar-refractivity contribution >= 4 is 17.3 Å². The molecule has 0 saturated heterocycles. The van der Waals surface area contributed by atoms with Gasteiger partial charge in [0.05, 0.1) is 0 Å². The molecule has 0 aliphatic rings. The smallest absolute Gasteiger partial charge is 0.306 e. The standard InChI is InChI=1S/C13H21NO2S/c1-13(2,7-8-14)6-5-12(15)16-10-11-4-3-9-17-11/h3-4,9H,5-8,10,14H2,1-2H3. The van der Waals surface area contributed by atoms with Crippen molar-refractivity contribution in [1.29, 1.82) is 0 Å². The molecule has 1 aromatic rings. The molecule has 0 amide bonds. The lowest BCUT2D eigenvalue weighted by molar-refractivity contribution is -0.145. The van der Waals surface area contributed by atoms with Gasteiger partial charge in [0.2, 0.25) is 0 Å². The molecular formula is C13H21NO2S. The van der Waals surface area contributed by atoms with E-state index in [9.17, 15) is 4.79 Å². The molecule has 1 heterocycles. The van der Waals surface area contributed by atoms with E-state index in [1.807, 2.05) is 17.5 Å². The fraction of sp³-hybridized carbons (Fsp3) is 0.615. The zero-order valence-electron chi connectivity index (χ0n) is 10.6. The quantitative estimate of drug-likeness (QED) is 0.762. The van der Waals surface area contributed by atoms with Crippen LogP contribution >= 0.6 is 11.3 Å². The van der Waals surface area contributed by atoms with Gasteiger partial charge in [-0.3, -0.25) is 4.79 Å². The van der Waals surface area contributed by atoms with Gasteiger partial charge in [-0.05, 0) is 36.2 Å². The van der Waals surface area contributed by atoms with Crippen LogP contribution in [0.15, 0.2) is 17.5 Å². The van der Waals surface area contributed by atoms with E-state index in [4.69, 9.17) is 10.5 Å². The van der Waals surface area contributed by atoms with Gasteiger partial charge < -0.3 is 10.5 Å². The Kier molecular flexibility index (Phi) is 5.65. The third-order valence-electron chi connectivity index (χ3n) is 2.78. The second kappa shape index (κ2) is 6.77. The molecule has 17 heavy (non-hydrogen) atoms. The molecule has 0 saturated carbocycles. The number of ether oxygens (including phenoxy) is 1. The Morgan fingerprint density at radius 3 is 2.82 bits per heavy atom. The van der Waals surface area contributed by atoms with Crippen LogP contribution in [0.4, 0.5) is 0 Å². The van der Waals surface area contributed by atoms with Crippen molar-refractivity contribution in [2.75, 3.05) is 6.54 Å². The Hall–Kier alpha value is -0.870. The maximum absolute atomic E-state index is 11.5. The van der Waals surface area contributed by atoms with Gasteiger partial charge >= 0.3 is 5.97 Å². The van der Waals surface area contributed by atoms with E-state index in [1.54, 1.807) is 11.3 Å². The predicted molar refractivity (Wildman–Crippen MR) is 70.8 cm³/mol. The summed E-state index contributed by atoms with van der Waals surface area (Å²) >= 11 is 1.60. The Bertz CT molecular complexity index is 333. The number of rotatable bonds is 7. The largest absolute Gasteiger partial charge is 0.460 e. The van der Waals surface area contributed by atoms with Crippen molar-refractivity contribution in [2.45, 2.75) is 39.7 Å². The van der Waals surface area contributed by atoms with Gasteiger partial charge in [-0.15, -0.1) is 11.3 Å². The zero-order chi connectivity index (χ0) is 12.7. The predicted octanol–water partition coefficient (Wildman–Crippen LogP) is 2.95. The Morgan fingerprint density at radius 1 is 1.47 bits per heavy atom. The van der Waals surface area contributed by atoms with E-state index in [-0.39, 0.29) is 11.4 Å².